The van der Waals surface area contributed by atoms with Crippen molar-refractivity contribution in [2.45, 2.75) is 29.9 Å². The normalized spacial score (nSPS) is 11.2. The minimum Gasteiger partial charge on any atom is -0.399 e. The smallest absolute Gasteiger partial charge is 0.344 e. The topological polar surface area (TPSA) is 76.7 Å². The molecule has 0 aliphatic heterocycles. The molecule has 1 aromatic heterocycles. The molecule has 0 saturated carbocycles. The number of aromatic nitrogens is 3. The van der Waals surface area contributed by atoms with Gasteiger partial charge in [0.05, 0.1) is 14.9 Å². The number of rotatable bonds is 3. The largest absolute Gasteiger partial charge is 0.399 e. The van der Waals surface area contributed by atoms with E-state index in [1.807, 2.05) is 13.8 Å². The molecule has 0 unspecified atom stereocenters. The number of nitrogens with two attached hydrogens (primary N) is 1. The van der Waals surface area contributed by atoms with Crippen molar-refractivity contribution in [1.29, 1.82) is 0 Å². The van der Waals surface area contributed by atoms with Gasteiger partial charge in [-0.3, -0.25) is 4.57 Å². The number of aromatic amines is 1. The number of nitrogens with one attached hydrogen (secondary N) is 1. The maximum atomic E-state index is 11.6. The van der Waals surface area contributed by atoms with Gasteiger partial charge < -0.3 is 5.73 Å². The Hall–Kier alpha value is -1.11. The number of anilines is 1. The highest BCUT2D eigenvalue weighted by molar-refractivity contribution is 7.99. The maximum Gasteiger partial charge on any atom is 0.344 e. The number of H-pyrrole nitrogens is 1. The van der Waals surface area contributed by atoms with Gasteiger partial charge in [-0.1, -0.05) is 23.2 Å². The second-order valence-corrected chi connectivity index (χ2v) is 5.98. The molecular formula is C11H12Cl2N4OS. The van der Waals surface area contributed by atoms with Crippen LogP contribution in [0.25, 0.3) is 0 Å². The molecule has 0 spiro atoms. The zero-order valence-electron chi connectivity index (χ0n) is 10.3. The van der Waals surface area contributed by atoms with Crippen molar-refractivity contribution < 1.29 is 0 Å². The van der Waals surface area contributed by atoms with E-state index in [1.165, 1.54) is 16.3 Å². The average Bonchev–Trinajstić information content (AvgIpc) is 2.64. The second kappa shape index (κ2) is 5.48. The fourth-order valence-corrected chi connectivity index (χ4v) is 3.30. The summed E-state index contributed by atoms with van der Waals surface area (Å²) < 4.78 is 1.54. The highest BCUT2D eigenvalue weighted by atomic mass is 35.5. The Labute approximate surface area is 124 Å². The number of nitrogens with zero attached hydrogens (tertiary/aromatic N) is 2. The second-order valence-electron chi connectivity index (χ2n) is 4.19. The molecule has 19 heavy (non-hydrogen) atoms. The lowest BCUT2D eigenvalue weighted by molar-refractivity contribution is 0.534. The number of hydrogen-bond donors (Lipinski definition) is 2. The van der Waals surface area contributed by atoms with Gasteiger partial charge in [0.15, 0.2) is 5.16 Å². The lowest BCUT2D eigenvalue weighted by Crippen LogP contribution is -2.19. The molecule has 0 atom stereocenters. The van der Waals surface area contributed by atoms with Crippen LogP contribution < -0.4 is 11.4 Å². The molecule has 2 aromatic rings. The third-order valence-electron chi connectivity index (χ3n) is 2.40. The van der Waals surface area contributed by atoms with Crippen LogP contribution in [-0.2, 0) is 0 Å². The minimum absolute atomic E-state index is 0.0138. The van der Waals surface area contributed by atoms with E-state index in [9.17, 15) is 4.79 Å². The molecule has 0 radical (unpaired) electrons. The third kappa shape index (κ3) is 2.91. The fourth-order valence-electron chi connectivity index (χ4n) is 1.59. The highest BCUT2D eigenvalue weighted by Gasteiger charge is 2.16. The van der Waals surface area contributed by atoms with Crippen molar-refractivity contribution in [2.75, 3.05) is 5.73 Å². The fraction of sp³-hybridized carbons (Fsp3) is 0.273. The summed E-state index contributed by atoms with van der Waals surface area (Å²) >= 11 is 13.5. The third-order valence-corrected chi connectivity index (χ3v) is 4.34. The Balaban J connectivity index is 2.45. The first-order chi connectivity index (χ1) is 8.90. The number of nitrogen functional groups attached to an aromatic ring is 1. The van der Waals surface area contributed by atoms with Crippen molar-refractivity contribution in [3.05, 3.63) is 32.7 Å². The van der Waals surface area contributed by atoms with Gasteiger partial charge in [0, 0.05) is 11.7 Å². The minimum atomic E-state index is -0.264. The van der Waals surface area contributed by atoms with Crippen LogP contribution in [0.1, 0.15) is 19.9 Å². The molecule has 2 rings (SSSR count). The average molecular weight is 319 g/mol. The quantitative estimate of drug-likeness (QED) is 0.852. The van der Waals surface area contributed by atoms with Crippen LogP contribution in [-0.4, -0.2) is 14.8 Å². The molecular weight excluding hydrogens is 307 g/mol. The van der Waals surface area contributed by atoms with Crippen molar-refractivity contribution in [3.63, 3.8) is 0 Å². The van der Waals surface area contributed by atoms with Crippen LogP contribution in [0.3, 0.4) is 0 Å². The molecule has 0 aliphatic carbocycles. The Bertz CT molecular complexity index is 642. The molecule has 0 amide bonds. The van der Waals surface area contributed by atoms with Gasteiger partial charge >= 0.3 is 5.69 Å². The summed E-state index contributed by atoms with van der Waals surface area (Å²) in [5.41, 5.74) is 5.87. The molecule has 8 heteroatoms. The van der Waals surface area contributed by atoms with Gasteiger partial charge in [-0.25, -0.2) is 9.89 Å². The van der Waals surface area contributed by atoms with Gasteiger partial charge in [-0.15, -0.1) is 5.10 Å². The predicted octanol–water partition coefficient (Wildman–Crippen LogP) is 3.19. The monoisotopic (exact) mass is 318 g/mol. The van der Waals surface area contributed by atoms with E-state index in [0.29, 0.717) is 25.8 Å². The Morgan fingerprint density at radius 1 is 1.37 bits per heavy atom. The van der Waals surface area contributed by atoms with Crippen molar-refractivity contribution in [2.24, 2.45) is 0 Å². The van der Waals surface area contributed by atoms with E-state index in [0.717, 1.165) is 0 Å². The predicted molar refractivity (Wildman–Crippen MR) is 78.2 cm³/mol. The summed E-state index contributed by atoms with van der Waals surface area (Å²) in [7, 11) is 0. The summed E-state index contributed by atoms with van der Waals surface area (Å²) in [5.74, 6) is 0. The van der Waals surface area contributed by atoms with E-state index in [1.54, 1.807) is 12.1 Å². The van der Waals surface area contributed by atoms with Gasteiger partial charge in [-0.2, -0.15) is 0 Å². The van der Waals surface area contributed by atoms with Gasteiger partial charge in [0.25, 0.3) is 0 Å². The van der Waals surface area contributed by atoms with Gasteiger partial charge in [-0.05, 0) is 37.7 Å². The highest BCUT2D eigenvalue weighted by Crippen LogP contribution is 2.39. The molecule has 0 aliphatic rings. The van der Waals surface area contributed by atoms with E-state index in [4.69, 9.17) is 28.9 Å². The van der Waals surface area contributed by atoms with Crippen molar-refractivity contribution in [3.8, 4) is 0 Å². The van der Waals surface area contributed by atoms with Crippen LogP contribution in [0, 0.1) is 0 Å². The van der Waals surface area contributed by atoms with Crippen LogP contribution >= 0.6 is 35.0 Å². The van der Waals surface area contributed by atoms with E-state index in [2.05, 4.69) is 10.2 Å². The number of halogens is 2. The Morgan fingerprint density at radius 2 is 1.95 bits per heavy atom. The first kappa shape index (κ1) is 14.3. The molecule has 102 valence electrons. The molecule has 5 nitrogen and oxygen atoms in total. The molecule has 1 aromatic carbocycles. The summed E-state index contributed by atoms with van der Waals surface area (Å²) in [6, 6.07) is 3.21. The zero-order valence-corrected chi connectivity index (χ0v) is 12.6. The molecule has 0 fully saturated rings. The number of benzene rings is 1. The van der Waals surface area contributed by atoms with Crippen LogP contribution in [0.15, 0.2) is 27.0 Å². The molecule has 0 saturated heterocycles. The molecule has 3 N–H and O–H groups in total. The van der Waals surface area contributed by atoms with E-state index in [-0.39, 0.29) is 11.7 Å². The number of hydrogen-bond acceptors (Lipinski definition) is 4. The first-order valence-corrected chi connectivity index (χ1v) is 7.06. The summed E-state index contributed by atoms with van der Waals surface area (Å²) in [6.45, 7) is 3.79. The lowest BCUT2D eigenvalue weighted by atomic mass is 10.3. The lowest BCUT2D eigenvalue weighted by Gasteiger charge is -2.10. The zero-order chi connectivity index (χ0) is 14.2. The van der Waals surface area contributed by atoms with E-state index < -0.39 is 0 Å². The summed E-state index contributed by atoms with van der Waals surface area (Å²) in [4.78, 5) is 12.3. The van der Waals surface area contributed by atoms with Gasteiger partial charge in [0.1, 0.15) is 0 Å². The first-order valence-electron chi connectivity index (χ1n) is 5.49. The van der Waals surface area contributed by atoms with Crippen LogP contribution in [0.5, 0.6) is 0 Å². The summed E-state index contributed by atoms with van der Waals surface area (Å²) in [6.07, 6.45) is 0. The Kier molecular flexibility index (Phi) is 4.13. The molecule has 1 heterocycles. The van der Waals surface area contributed by atoms with Crippen LogP contribution in [0.4, 0.5) is 5.69 Å². The summed E-state index contributed by atoms with van der Waals surface area (Å²) in [5, 5.41) is 7.76. The molecule has 0 bridgehead atoms. The maximum absolute atomic E-state index is 11.6. The van der Waals surface area contributed by atoms with Crippen molar-refractivity contribution in [1.82, 2.24) is 14.8 Å². The SMILES string of the molecule is CC(C)n1c(Sc2c(Cl)cc(N)cc2Cl)n[nH]c1=O. The Morgan fingerprint density at radius 3 is 2.47 bits per heavy atom. The van der Waals surface area contributed by atoms with Gasteiger partial charge in [0.2, 0.25) is 0 Å². The standard InChI is InChI=1S/C11H12Cl2N4OS/c1-5(2)17-10(18)15-16-11(17)19-9-7(12)3-6(14)4-8(9)13/h3-5H,14H2,1-2H3,(H,15,18). The van der Waals surface area contributed by atoms with Crippen LogP contribution in [0.2, 0.25) is 10.0 Å². The van der Waals surface area contributed by atoms with E-state index >= 15 is 0 Å². The van der Waals surface area contributed by atoms with Crippen molar-refractivity contribution >= 4 is 40.7 Å².